The van der Waals surface area contributed by atoms with Gasteiger partial charge in [0.1, 0.15) is 0 Å². The summed E-state index contributed by atoms with van der Waals surface area (Å²) in [5.74, 6) is -1.32. The van der Waals surface area contributed by atoms with Crippen molar-refractivity contribution in [2.24, 2.45) is 5.92 Å². The molecule has 0 aromatic rings. The minimum atomic E-state index is -0.852. The molecule has 0 aliphatic rings. The molecule has 16 heavy (non-hydrogen) atoms. The summed E-state index contributed by atoms with van der Waals surface area (Å²) in [6.45, 7) is 8.89. The maximum atomic E-state index is 11.8. The number of carboxylic acids is 1. The van der Waals surface area contributed by atoms with E-state index in [9.17, 15) is 9.59 Å². The Balaban J connectivity index is 4.10. The van der Waals surface area contributed by atoms with Crippen molar-refractivity contribution < 1.29 is 14.7 Å². The first-order valence-corrected chi connectivity index (χ1v) is 5.68. The smallest absolute Gasteiger partial charge is 0.307 e. The van der Waals surface area contributed by atoms with Gasteiger partial charge in [-0.1, -0.05) is 6.92 Å². The Hall–Kier alpha value is -1.10. The molecule has 0 rings (SSSR count). The zero-order chi connectivity index (χ0) is 12.7. The lowest BCUT2D eigenvalue weighted by Crippen LogP contribution is -2.46. The van der Waals surface area contributed by atoms with Crippen molar-refractivity contribution in [3.8, 4) is 0 Å². The molecule has 0 radical (unpaired) electrons. The summed E-state index contributed by atoms with van der Waals surface area (Å²) < 4.78 is 0. The van der Waals surface area contributed by atoms with Gasteiger partial charge in [0.05, 0.1) is 12.0 Å². The van der Waals surface area contributed by atoms with Crippen LogP contribution in [0, 0.1) is 5.92 Å². The van der Waals surface area contributed by atoms with Crippen LogP contribution in [-0.4, -0.2) is 47.6 Å². The van der Waals surface area contributed by atoms with E-state index in [-0.39, 0.29) is 11.9 Å². The van der Waals surface area contributed by atoms with E-state index >= 15 is 0 Å². The highest BCUT2D eigenvalue weighted by molar-refractivity contribution is 5.81. The van der Waals surface area contributed by atoms with E-state index in [1.165, 1.54) is 0 Å². The number of amides is 1. The molecule has 0 saturated heterocycles. The van der Waals surface area contributed by atoms with Gasteiger partial charge in [0.25, 0.3) is 0 Å². The molecule has 0 aliphatic heterocycles. The van der Waals surface area contributed by atoms with Gasteiger partial charge in [0.2, 0.25) is 5.91 Å². The average Bonchev–Trinajstić information content (AvgIpc) is 2.26. The number of carbonyl (C=O) groups excluding carboxylic acids is 1. The van der Waals surface area contributed by atoms with E-state index in [0.717, 1.165) is 0 Å². The molecular formula is C11H22N2O3. The van der Waals surface area contributed by atoms with Crippen LogP contribution in [0.15, 0.2) is 0 Å². The molecule has 0 aliphatic carbocycles. The van der Waals surface area contributed by atoms with Gasteiger partial charge >= 0.3 is 5.97 Å². The van der Waals surface area contributed by atoms with Crippen LogP contribution in [0.1, 0.15) is 27.7 Å². The second kappa shape index (κ2) is 7.22. The van der Waals surface area contributed by atoms with Crippen molar-refractivity contribution >= 4 is 11.9 Å². The highest BCUT2D eigenvalue weighted by atomic mass is 16.4. The third kappa shape index (κ3) is 4.61. The number of aliphatic carboxylic acids is 1. The van der Waals surface area contributed by atoms with Gasteiger partial charge in [-0.3, -0.25) is 9.59 Å². The lowest BCUT2D eigenvalue weighted by Gasteiger charge is -2.24. The van der Waals surface area contributed by atoms with Crippen molar-refractivity contribution in [2.75, 3.05) is 19.6 Å². The van der Waals surface area contributed by atoms with Gasteiger partial charge in [-0.25, -0.2) is 0 Å². The molecule has 94 valence electrons. The number of carboxylic acid groups (broad SMARTS) is 1. The van der Waals surface area contributed by atoms with Crippen LogP contribution in [0.2, 0.25) is 0 Å². The first-order valence-electron chi connectivity index (χ1n) is 5.68. The van der Waals surface area contributed by atoms with E-state index in [1.54, 1.807) is 18.7 Å². The predicted molar refractivity (Wildman–Crippen MR) is 62.2 cm³/mol. The molecule has 0 fully saturated rings. The van der Waals surface area contributed by atoms with Gasteiger partial charge in [-0.15, -0.1) is 0 Å². The number of hydrogen-bond donors (Lipinski definition) is 2. The van der Waals surface area contributed by atoms with E-state index in [1.807, 2.05) is 13.8 Å². The number of rotatable bonds is 7. The number of nitrogens with one attached hydrogen (secondary N) is 1. The Morgan fingerprint density at radius 1 is 1.25 bits per heavy atom. The van der Waals surface area contributed by atoms with Crippen molar-refractivity contribution in [2.45, 2.75) is 33.7 Å². The lowest BCUT2D eigenvalue weighted by atomic mass is 10.1. The molecule has 0 bridgehead atoms. The van der Waals surface area contributed by atoms with Crippen LogP contribution in [0.3, 0.4) is 0 Å². The van der Waals surface area contributed by atoms with Crippen LogP contribution in [0.25, 0.3) is 0 Å². The van der Waals surface area contributed by atoms with Gasteiger partial charge in [-0.2, -0.15) is 0 Å². The molecule has 0 aromatic carbocycles. The molecule has 1 amide bonds. The third-order valence-corrected chi connectivity index (χ3v) is 2.60. The van der Waals surface area contributed by atoms with E-state index in [4.69, 9.17) is 5.11 Å². The second-order valence-corrected chi connectivity index (χ2v) is 3.88. The number of carbonyl (C=O) groups is 2. The van der Waals surface area contributed by atoms with Crippen LogP contribution in [0.4, 0.5) is 0 Å². The molecular weight excluding hydrogens is 208 g/mol. The van der Waals surface area contributed by atoms with Gasteiger partial charge < -0.3 is 15.3 Å². The number of nitrogens with zero attached hydrogens (tertiary/aromatic N) is 1. The molecule has 5 heteroatoms. The Morgan fingerprint density at radius 3 is 2.12 bits per heavy atom. The Labute approximate surface area is 96.8 Å². The third-order valence-electron chi connectivity index (χ3n) is 2.60. The van der Waals surface area contributed by atoms with Crippen molar-refractivity contribution in [1.82, 2.24) is 10.2 Å². The summed E-state index contributed by atoms with van der Waals surface area (Å²) in [5, 5.41) is 11.6. The Bertz CT molecular complexity index is 239. The monoisotopic (exact) mass is 230 g/mol. The molecule has 2 atom stereocenters. The van der Waals surface area contributed by atoms with Crippen molar-refractivity contribution in [3.05, 3.63) is 0 Å². The van der Waals surface area contributed by atoms with Crippen molar-refractivity contribution in [3.63, 3.8) is 0 Å². The fraction of sp³-hybridized carbons (Fsp3) is 0.818. The zero-order valence-corrected chi connectivity index (χ0v) is 10.5. The molecule has 0 spiro atoms. The van der Waals surface area contributed by atoms with Gasteiger partial charge in [0.15, 0.2) is 0 Å². The zero-order valence-electron chi connectivity index (χ0n) is 10.5. The quantitative estimate of drug-likeness (QED) is 0.670. The van der Waals surface area contributed by atoms with E-state index in [0.29, 0.717) is 19.6 Å². The standard InChI is InChI=1S/C11H22N2O3/c1-5-13(6-2)10(14)9(4)12-7-8(3)11(15)16/h8-9,12H,5-7H2,1-4H3,(H,15,16). The summed E-state index contributed by atoms with van der Waals surface area (Å²) in [6.07, 6.45) is 0. The van der Waals surface area contributed by atoms with E-state index in [2.05, 4.69) is 5.32 Å². The fourth-order valence-corrected chi connectivity index (χ4v) is 1.34. The normalized spacial score (nSPS) is 14.2. The topological polar surface area (TPSA) is 69.6 Å². The minimum absolute atomic E-state index is 0.0163. The second-order valence-electron chi connectivity index (χ2n) is 3.88. The van der Waals surface area contributed by atoms with Gasteiger partial charge in [-0.05, 0) is 20.8 Å². The summed E-state index contributed by atoms with van der Waals surface area (Å²) in [7, 11) is 0. The maximum Gasteiger partial charge on any atom is 0.307 e. The van der Waals surface area contributed by atoms with Crippen molar-refractivity contribution in [1.29, 1.82) is 0 Å². The molecule has 0 heterocycles. The predicted octanol–water partition coefficient (Wildman–Crippen LogP) is 0.554. The number of likely N-dealkylation sites (N-methyl/N-ethyl adjacent to an activating group) is 1. The maximum absolute atomic E-state index is 11.8. The summed E-state index contributed by atoms with van der Waals surface area (Å²) >= 11 is 0. The average molecular weight is 230 g/mol. The van der Waals surface area contributed by atoms with E-state index < -0.39 is 11.9 Å². The number of hydrogen-bond acceptors (Lipinski definition) is 3. The first-order chi connectivity index (χ1) is 7.43. The van der Waals surface area contributed by atoms with Gasteiger partial charge in [0, 0.05) is 19.6 Å². The summed E-state index contributed by atoms with van der Waals surface area (Å²) in [5.41, 5.74) is 0. The minimum Gasteiger partial charge on any atom is -0.481 e. The van der Waals surface area contributed by atoms with Crippen LogP contribution >= 0.6 is 0 Å². The summed E-state index contributed by atoms with van der Waals surface area (Å²) in [4.78, 5) is 24.1. The largest absolute Gasteiger partial charge is 0.481 e. The Kier molecular flexibility index (Phi) is 6.72. The van der Waals surface area contributed by atoms with Crippen LogP contribution < -0.4 is 5.32 Å². The van der Waals surface area contributed by atoms with Crippen LogP contribution in [0.5, 0.6) is 0 Å². The molecule has 0 aromatic heterocycles. The highest BCUT2D eigenvalue weighted by Crippen LogP contribution is 1.97. The Morgan fingerprint density at radius 2 is 1.75 bits per heavy atom. The SMILES string of the molecule is CCN(CC)C(=O)C(C)NCC(C)C(=O)O. The fourth-order valence-electron chi connectivity index (χ4n) is 1.34. The highest BCUT2D eigenvalue weighted by Gasteiger charge is 2.19. The molecule has 2 unspecified atom stereocenters. The molecule has 2 N–H and O–H groups in total. The first kappa shape index (κ1) is 14.9. The lowest BCUT2D eigenvalue weighted by molar-refractivity contribution is -0.141. The summed E-state index contributed by atoms with van der Waals surface area (Å²) in [6, 6.07) is -0.332. The van der Waals surface area contributed by atoms with Crippen LogP contribution in [-0.2, 0) is 9.59 Å². The molecule has 0 saturated carbocycles. The molecule has 5 nitrogen and oxygen atoms in total.